The summed E-state index contributed by atoms with van der Waals surface area (Å²) < 4.78 is 0. The summed E-state index contributed by atoms with van der Waals surface area (Å²) in [5.41, 5.74) is -0.537. The zero-order chi connectivity index (χ0) is 11.6. The molecule has 0 bridgehead atoms. The second-order valence-corrected chi connectivity index (χ2v) is 5.42. The first-order valence-corrected chi connectivity index (χ1v) is 6.66. The average Bonchev–Trinajstić information content (AvgIpc) is 2.51. The zero-order valence-electron chi connectivity index (χ0n) is 10.2. The van der Waals surface area contributed by atoms with E-state index in [1.165, 1.54) is 25.7 Å². The fraction of sp³-hybridized carbons (Fsp3) is 0.923. The van der Waals surface area contributed by atoms with Crippen LogP contribution in [0.3, 0.4) is 0 Å². The van der Waals surface area contributed by atoms with Gasteiger partial charge in [-0.05, 0) is 44.7 Å². The van der Waals surface area contributed by atoms with Crippen LogP contribution in [-0.4, -0.2) is 34.6 Å². The standard InChI is InChI=1S/C13H23NO2/c1-11-7-6-8-13(11,12(15)16)14-9-4-2-3-5-10-14/h11H,2-10H2,1H3,(H,15,16). The molecule has 92 valence electrons. The van der Waals surface area contributed by atoms with Crippen molar-refractivity contribution < 1.29 is 9.90 Å². The predicted octanol–water partition coefficient (Wildman–Crippen LogP) is 2.51. The van der Waals surface area contributed by atoms with Crippen LogP contribution in [0.25, 0.3) is 0 Å². The van der Waals surface area contributed by atoms with Crippen molar-refractivity contribution in [1.82, 2.24) is 4.90 Å². The number of nitrogens with zero attached hydrogens (tertiary/aromatic N) is 1. The van der Waals surface area contributed by atoms with Crippen molar-refractivity contribution in [3.8, 4) is 0 Å². The maximum Gasteiger partial charge on any atom is 0.324 e. The van der Waals surface area contributed by atoms with E-state index < -0.39 is 11.5 Å². The fourth-order valence-corrected chi connectivity index (χ4v) is 3.56. The first-order valence-electron chi connectivity index (χ1n) is 6.66. The summed E-state index contributed by atoms with van der Waals surface area (Å²) in [6.07, 6.45) is 7.86. The van der Waals surface area contributed by atoms with Crippen molar-refractivity contribution >= 4 is 5.97 Å². The minimum atomic E-state index is -0.584. The molecule has 1 saturated heterocycles. The van der Waals surface area contributed by atoms with E-state index in [0.717, 1.165) is 32.4 Å². The van der Waals surface area contributed by atoms with Crippen LogP contribution in [0.4, 0.5) is 0 Å². The highest BCUT2D eigenvalue weighted by molar-refractivity contribution is 5.79. The monoisotopic (exact) mass is 225 g/mol. The highest BCUT2D eigenvalue weighted by atomic mass is 16.4. The van der Waals surface area contributed by atoms with Gasteiger partial charge in [0.25, 0.3) is 0 Å². The molecule has 2 atom stereocenters. The fourth-order valence-electron chi connectivity index (χ4n) is 3.56. The van der Waals surface area contributed by atoms with E-state index in [1.54, 1.807) is 0 Å². The molecule has 0 aromatic heterocycles. The highest BCUT2D eigenvalue weighted by Crippen LogP contribution is 2.41. The number of rotatable bonds is 2. The average molecular weight is 225 g/mol. The third kappa shape index (κ3) is 1.86. The predicted molar refractivity (Wildman–Crippen MR) is 63.4 cm³/mol. The van der Waals surface area contributed by atoms with Gasteiger partial charge in [0.2, 0.25) is 0 Å². The Morgan fingerprint density at radius 3 is 2.25 bits per heavy atom. The lowest BCUT2D eigenvalue weighted by atomic mass is 9.86. The third-order valence-corrected chi connectivity index (χ3v) is 4.55. The van der Waals surface area contributed by atoms with Crippen LogP contribution in [0.5, 0.6) is 0 Å². The largest absolute Gasteiger partial charge is 0.480 e. The number of carboxylic acid groups (broad SMARTS) is 1. The van der Waals surface area contributed by atoms with Crippen LogP contribution in [0, 0.1) is 5.92 Å². The Morgan fingerprint density at radius 1 is 1.19 bits per heavy atom. The molecule has 0 aromatic carbocycles. The third-order valence-electron chi connectivity index (χ3n) is 4.55. The van der Waals surface area contributed by atoms with E-state index in [9.17, 15) is 9.90 Å². The van der Waals surface area contributed by atoms with E-state index in [1.807, 2.05) is 0 Å². The molecular weight excluding hydrogens is 202 g/mol. The number of aliphatic carboxylic acids is 1. The van der Waals surface area contributed by atoms with Gasteiger partial charge in [-0.1, -0.05) is 26.2 Å². The van der Waals surface area contributed by atoms with Gasteiger partial charge in [0, 0.05) is 0 Å². The SMILES string of the molecule is CC1CCCC1(C(=O)O)N1CCCCCC1. The number of carbonyl (C=O) groups is 1. The molecule has 1 saturated carbocycles. The highest BCUT2D eigenvalue weighted by Gasteiger charge is 2.51. The summed E-state index contributed by atoms with van der Waals surface area (Å²) in [6, 6.07) is 0. The Kier molecular flexibility index (Phi) is 3.53. The first kappa shape index (κ1) is 11.9. The van der Waals surface area contributed by atoms with Gasteiger partial charge in [0.15, 0.2) is 0 Å². The van der Waals surface area contributed by atoms with Gasteiger partial charge in [-0.3, -0.25) is 9.69 Å². The van der Waals surface area contributed by atoms with Gasteiger partial charge in [-0.2, -0.15) is 0 Å². The minimum absolute atomic E-state index is 0.308. The van der Waals surface area contributed by atoms with Gasteiger partial charge in [0.05, 0.1) is 0 Å². The molecular formula is C13H23NO2. The van der Waals surface area contributed by atoms with Gasteiger partial charge < -0.3 is 5.11 Å². The second kappa shape index (κ2) is 4.74. The van der Waals surface area contributed by atoms with Gasteiger partial charge >= 0.3 is 5.97 Å². The summed E-state index contributed by atoms with van der Waals surface area (Å²) in [5, 5.41) is 9.64. The molecule has 2 aliphatic rings. The number of hydrogen-bond donors (Lipinski definition) is 1. The van der Waals surface area contributed by atoms with Crippen LogP contribution >= 0.6 is 0 Å². The number of hydrogen-bond acceptors (Lipinski definition) is 2. The Balaban J connectivity index is 2.20. The molecule has 0 aromatic rings. The minimum Gasteiger partial charge on any atom is -0.480 e. The molecule has 2 rings (SSSR count). The second-order valence-electron chi connectivity index (χ2n) is 5.42. The van der Waals surface area contributed by atoms with Crippen LogP contribution in [0.15, 0.2) is 0 Å². The Bertz CT molecular complexity index is 259. The summed E-state index contributed by atoms with van der Waals surface area (Å²) in [6.45, 7) is 4.08. The van der Waals surface area contributed by atoms with E-state index >= 15 is 0 Å². The summed E-state index contributed by atoms with van der Waals surface area (Å²) >= 11 is 0. The Morgan fingerprint density at radius 2 is 1.81 bits per heavy atom. The number of carboxylic acids is 1. The molecule has 3 nitrogen and oxygen atoms in total. The van der Waals surface area contributed by atoms with Crippen molar-refractivity contribution in [2.24, 2.45) is 5.92 Å². The van der Waals surface area contributed by atoms with Crippen molar-refractivity contribution in [3.05, 3.63) is 0 Å². The van der Waals surface area contributed by atoms with Crippen molar-refractivity contribution in [3.63, 3.8) is 0 Å². The summed E-state index contributed by atoms with van der Waals surface area (Å²) in [4.78, 5) is 14.0. The molecule has 1 N–H and O–H groups in total. The molecule has 16 heavy (non-hydrogen) atoms. The molecule has 0 radical (unpaired) electrons. The molecule has 2 unspecified atom stereocenters. The van der Waals surface area contributed by atoms with Crippen LogP contribution in [0.1, 0.15) is 51.9 Å². The Labute approximate surface area is 97.8 Å². The molecule has 0 spiro atoms. The van der Waals surface area contributed by atoms with Gasteiger partial charge in [0.1, 0.15) is 5.54 Å². The molecule has 2 fully saturated rings. The van der Waals surface area contributed by atoms with Crippen LogP contribution < -0.4 is 0 Å². The quantitative estimate of drug-likeness (QED) is 0.785. The van der Waals surface area contributed by atoms with Crippen molar-refractivity contribution in [2.45, 2.75) is 57.4 Å². The van der Waals surface area contributed by atoms with E-state index in [4.69, 9.17) is 0 Å². The summed E-state index contributed by atoms with van der Waals surface area (Å²) in [5.74, 6) is -0.275. The number of likely N-dealkylation sites (tertiary alicyclic amines) is 1. The smallest absolute Gasteiger partial charge is 0.324 e. The normalized spacial score (nSPS) is 37.2. The molecule has 3 heteroatoms. The summed E-state index contributed by atoms with van der Waals surface area (Å²) in [7, 11) is 0. The van der Waals surface area contributed by atoms with Gasteiger partial charge in [-0.15, -0.1) is 0 Å². The molecule has 1 aliphatic carbocycles. The zero-order valence-corrected chi connectivity index (χ0v) is 10.2. The first-order chi connectivity index (χ1) is 7.68. The lowest BCUT2D eigenvalue weighted by Gasteiger charge is -2.40. The van der Waals surface area contributed by atoms with E-state index in [2.05, 4.69) is 11.8 Å². The lowest BCUT2D eigenvalue weighted by Crippen LogP contribution is -2.56. The van der Waals surface area contributed by atoms with E-state index in [-0.39, 0.29) is 0 Å². The maximum atomic E-state index is 11.7. The van der Waals surface area contributed by atoms with Crippen molar-refractivity contribution in [1.29, 1.82) is 0 Å². The van der Waals surface area contributed by atoms with Gasteiger partial charge in [-0.25, -0.2) is 0 Å². The van der Waals surface area contributed by atoms with Crippen LogP contribution in [0.2, 0.25) is 0 Å². The lowest BCUT2D eigenvalue weighted by molar-refractivity contribution is -0.154. The van der Waals surface area contributed by atoms with E-state index in [0.29, 0.717) is 5.92 Å². The molecule has 1 aliphatic heterocycles. The topological polar surface area (TPSA) is 40.5 Å². The Hall–Kier alpha value is -0.570. The molecule has 0 amide bonds. The van der Waals surface area contributed by atoms with Crippen molar-refractivity contribution in [2.75, 3.05) is 13.1 Å². The molecule has 1 heterocycles. The maximum absolute atomic E-state index is 11.7. The van der Waals surface area contributed by atoms with Crippen LogP contribution in [-0.2, 0) is 4.79 Å².